The van der Waals surface area contributed by atoms with Crippen LogP contribution in [0.3, 0.4) is 0 Å². The monoisotopic (exact) mass is 279 g/mol. The molecule has 0 amide bonds. The number of hydrogen-bond donors (Lipinski definition) is 1. The Hall–Kier alpha value is -1.09. The highest BCUT2D eigenvalue weighted by Gasteiger charge is 2.29. The van der Waals surface area contributed by atoms with Crippen LogP contribution in [0.5, 0.6) is 5.75 Å². The van der Waals surface area contributed by atoms with Gasteiger partial charge in [0.1, 0.15) is 0 Å². The van der Waals surface area contributed by atoms with Crippen LogP contribution in [-0.4, -0.2) is 19.7 Å². The van der Waals surface area contributed by atoms with Crippen LogP contribution in [0.4, 0.5) is 4.39 Å². The molecule has 1 saturated carbocycles. The van der Waals surface area contributed by atoms with Crippen molar-refractivity contribution >= 4 is 0 Å². The van der Waals surface area contributed by atoms with E-state index < -0.39 is 0 Å². The first-order chi connectivity index (χ1) is 9.41. The Morgan fingerprint density at radius 2 is 2.05 bits per heavy atom. The summed E-state index contributed by atoms with van der Waals surface area (Å²) in [6, 6.07) is 6.10. The highest BCUT2D eigenvalue weighted by atomic mass is 19.1. The van der Waals surface area contributed by atoms with Crippen LogP contribution in [0, 0.1) is 17.2 Å². The van der Waals surface area contributed by atoms with Crippen molar-refractivity contribution in [3.05, 3.63) is 29.6 Å². The summed E-state index contributed by atoms with van der Waals surface area (Å²) in [6.45, 7) is 7.63. The molecular formula is C17H26FNO. The molecule has 1 aliphatic carbocycles. The Balaban J connectivity index is 2.09. The molecule has 1 fully saturated rings. The van der Waals surface area contributed by atoms with Gasteiger partial charge in [0.2, 0.25) is 0 Å². The SMILES string of the molecule is COc1cccc(CC(CNC2CC2)C(C)(C)C)c1F. The van der Waals surface area contributed by atoms with Gasteiger partial charge in [0.15, 0.2) is 11.6 Å². The van der Waals surface area contributed by atoms with Crippen molar-refractivity contribution in [1.29, 1.82) is 0 Å². The lowest BCUT2D eigenvalue weighted by Crippen LogP contribution is -2.34. The van der Waals surface area contributed by atoms with E-state index in [4.69, 9.17) is 4.74 Å². The Morgan fingerprint density at radius 3 is 2.60 bits per heavy atom. The second kappa shape index (κ2) is 6.13. The first kappa shape index (κ1) is 15.3. The summed E-state index contributed by atoms with van der Waals surface area (Å²) >= 11 is 0. The lowest BCUT2D eigenvalue weighted by Gasteiger charge is -2.31. The first-order valence-electron chi connectivity index (χ1n) is 7.46. The summed E-state index contributed by atoms with van der Waals surface area (Å²) in [5, 5.41) is 3.58. The van der Waals surface area contributed by atoms with E-state index in [2.05, 4.69) is 26.1 Å². The number of rotatable bonds is 6. The minimum absolute atomic E-state index is 0.150. The van der Waals surface area contributed by atoms with Gasteiger partial charge in [-0.15, -0.1) is 0 Å². The Labute approximate surface area is 121 Å². The molecule has 1 aromatic rings. The van der Waals surface area contributed by atoms with Crippen LogP contribution in [0.2, 0.25) is 0 Å². The minimum atomic E-state index is -0.212. The van der Waals surface area contributed by atoms with E-state index in [0.29, 0.717) is 17.7 Å². The largest absolute Gasteiger partial charge is 0.494 e. The normalized spacial score (nSPS) is 17.1. The number of halogens is 1. The van der Waals surface area contributed by atoms with Crippen molar-refractivity contribution in [3.63, 3.8) is 0 Å². The maximum Gasteiger partial charge on any atom is 0.168 e. The molecular weight excluding hydrogens is 253 g/mol. The molecule has 1 aliphatic rings. The smallest absolute Gasteiger partial charge is 0.168 e. The third-order valence-corrected chi connectivity index (χ3v) is 4.18. The van der Waals surface area contributed by atoms with Gasteiger partial charge in [-0.3, -0.25) is 0 Å². The van der Waals surface area contributed by atoms with Crippen LogP contribution in [0.15, 0.2) is 18.2 Å². The molecule has 1 unspecified atom stereocenters. The van der Waals surface area contributed by atoms with Crippen molar-refractivity contribution in [3.8, 4) is 5.75 Å². The third kappa shape index (κ3) is 3.95. The summed E-state index contributed by atoms with van der Waals surface area (Å²) in [4.78, 5) is 0. The highest BCUT2D eigenvalue weighted by molar-refractivity contribution is 5.31. The number of methoxy groups -OCH3 is 1. The second-order valence-electron chi connectivity index (χ2n) is 6.88. The van der Waals surface area contributed by atoms with Gasteiger partial charge >= 0.3 is 0 Å². The van der Waals surface area contributed by atoms with Crippen molar-refractivity contribution in [2.75, 3.05) is 13.7 Å². The summed E-state index contributed by atoms with van der Waals surface area (Å²) in [5.74, 6) is 0.533. The van der Waals surface area contributed by atoms with E-state index in [0.717, 1.165) is 18.5 Å². The quantitative estimate of drug-likeness (QED) is 0.855. The fourth-order valence-corrected chi connectivity index (χ4v) is 2.42. The Morgan fingerprint density at radius 1 is 1.35 bits per heavy atom. The van der Waals surface area contributed by atoms with Gasteiger partial charge in [0.05, 0.1) is 7.11 Å². The third-order valence-electron chi connectivity index (χ3n) is 4.18. The van der Waals surface area contributed by atoms with Gasteiger partial charge < -0.3 is 10.1 Å². The van der Waals surface area contributed by atoms with E-state index in [1.165, 1.54) is 20.0 Å². The van der Waals surface area contributed by atoms with Gasteiger partial charge in [-0.25, -0.2) is 4.39 Å². The summed E-state index contributed by atoms with van der Waals surface area (Å²) in [6.07, 6.45) is 3.31. The molecule has 2 rings (SSSR count). The van der Waals surface area contributed by atoms with E-state index in [9.17, 15) is 4.39 Å². The van der Waals surface area contributed by atoms with Crippen molar-refractivity contribution in [2.45, 2.75) is 46.1 Å². The van der Waals surface area contributed by atoms with E-state index in [-0.39, 0.29) is 11.2 Å². The van der Waals surface area contributed by atoms with Gasteiger partial charge in [-0.05, 0) is 48.8 Å². The zero-order valence-electron chi connectivity index (χ0n) is 13.0. The average molecular weight is 279 g/mol. The molecule has 2 nitrogen and oxygen atoms in total. The Bertz CT molecular complexity index is 449. The van der Waals surface area contributed by atoms with Crippen LogP contribution in [-0.2, 0) is 6.42 Å². The van der Waals surface area contributed by atoms with E-state index in [1.807, 2.05) is 12.1 Å². The number of nitrogens with one attached hydrogen (secondary N) is 1. The molecule has 1 atom stereocenters. The molecule has 0 saturated heterocycles. The number of benzene rings is 1. The van der Waals surface area contributed by atoms with Crippen molar-refractivity contribution < 1.29 is 9.13 Å². The fraction of sp³-hybridized carbons (Fsp3) is 0.647. The Kier molecular flexibility index (Phi) is 4.69. The topological polar surface area (TPSA) is 21.3 Å². The molecule has 20 heavy (non-hydrogen) atoms. The van der Waals surface area contributed by atoms with Crippen LogP contribution in [0.1, 0.15) is 39.2 Å². The van der Waals surface area contributed by atoms with Crippen molar-refractivity contribution in [1.82, 2.24) is 5.32 Å². The zero-order chi connectivity index (χ0) is 14.8. The molecule has 1 aromatic carbocycles. The summed E-state index contributed by atoms with van der Waals surface area (Å²) < 4.78 is 19.4. The molecule has 0 radical (unpaired) electrons. The predicted molar refractivity (Wildman–Crippen MR) is 80.6 cm³/mol. The molecule has 3 heteroatoms. The van der Waals surface area contributed by atoms with Crippen molar-refractivity contribution in [2.24, 2.45) is 11.3 Å². The molecule has 0 heterocycles. The average Bonchev–Trinajstić information content (AvgIpc) is 3.19. The summed E-state index contributed by atoms with van der Waals surface area (Å²) in [7, 11) is 1.51. The van der Waals surface area contributed by atoms with Gasteiger partial charge in [-0.1, -0.05) is 32.9 Å². The number of hydrogen-bond acceptors (Lipinski definition) is 2. The molecule has 0 spiro atoms. The van der Waals surface area contributed by atoms with E-state index >= 15 is 0 Å². The molecule has 0 aliphatic heterocycles. The first-order valence-corrected chi connectivity index (χ1v) is 7.46. The van der Waals surface area contributed by atoms with Gasteiger partial charge in [0, 0.05) is 6.04 Å². The van der Waals surface area contributed by atoms with Crippen LogP contribution < -0.4 is 10.1 Å². The second-order valence-corrected chi connectivity index (χ2v) is 6.88. The standard InChI is InChI=1S/C17H26FNO/c1-17(2,3)13(11-19-14-8-9-14)10-12-6-5-7-15(20-4)16(12)18/h5-7,13-14,19H,8-11H2,1-4H3. The fourth-order valence-electron chi connectivity index (χ4n) is 2.42. The van der Waals surface area contributed by atoms with Gasteiger partial charge in [-0.2, -0.15) is 0 Å². The molecule has 1 N–H and O–H groups in total. The van der Waals surface area contributed by atoms with E-state index in [1.54, 1.807) is 6.07 Å². The highest BCUT2D eigenvalue weighted by Crippen LogP contribution is 2.32. The lowest BCUT2D eigenvalue weighted by molar-refractivity contribution is 0.228. The van der Waals surface area contributed by atoms with Crippen LogP contribution in [0.25, 0.3) is 0 Å². The summed E-state index contributed by atoms with van der Waals surface area (Å²) in [5.41, 5.74) is 0.902. The minimum Gasteiger partial charge on any atom is -0.494 e. The zero-order valence-corrected chi connectivity index (χ0v) is 13.0. The van der Waals surface area contributed by atoms with Gasteiger partial charge in [0.25, 0.3) is 0 Å². The number of ether oxygens (including phenoxy) is 1. The maximum absolute atomic E-state index is 14.3. The molecule has 0 aromatic heterocycles. The predicted octanol–water partition coefficient (Wildman–Crippen LogP) is 3.79. The van der Waals surface area contributed by atoms with Crippen LogP contribution >= 0.6 is 0 Å². The maximum atomic E-state index is 14.3. The molecule has 0 bridgehead atoms. The molecule has 112 valence electrons. The lowest BCUT2D eigenvalue weighted by atomic mass is 9.77.